The van der Waals surface area contributed by atoms with Gasteiger partial charge in [-0.15, -0.1) is 10.2 Å². The number of hydrogen-bond donors (Lipinski definition) is 2. The fourth-order valence-electron chi connectivity index (χ4n) is 3.17. The fraction of sp³-hybridized carbons (Fsp3) is 0.471. The van der Waals surface area contributed by atoms with Gasteiger partial charge in [-0.05, 0) is 31.9 Å². The van der Waals surface area contributed by atoms with Gasteiger partial charge >= 0.3 is 0 Å². The molecule has 1 aromatic heterocycles. The van der Waals surface area contributed by atoms with Crippen molar-refractivity contribution in [3.05, 3.63) is 36.2 Å². The van der Waals surface area contributed by atoms with E-state index >= 15 is 0 Å². The molecule has 6 nitrogen and oxygen atoms in total. The molecule has 6 heteroatoms. The molecule has 23 heavy (non-hydrogen) atoms. The summed E-state index contributed by atoms with van der Waals surface area (Å²) in [4.78, 5) is 11.6. The lowest BCUT2D eigenvalue weighted by Crippen LogP contribution is -2.45. The van der Waals surface area contributed by atoms with Gasteiger partial charge in [0.05, 0.1) is 12.0 Å². The Balaban J connectivity index is 1.70. The largest absolute Gasteiger partial charge is 0.419 e. The molecule has 0 spiro atoms. The summed E-state index contributed by atoms with van der Waals surface area (Å²) in [7, 11) is 0. The molecular weight excluding hydrogens is 292 g/mol. The minimum absolute atomic E-state index is 0.0725. The summed E-state index contributed by atoms with van der Waals surface area (Å²) >= 11 is 0. The lowest BCUT2D eigenvalue weighted by atomic mass is 9.83. The predicted molar refractivity (Wildman–Crippen MR) is 86.2 cm³/mol. The molecule has 1 saturated carbocycles. The summed E-state index contributed by atoms with van der Waals surface area (Å²) in [5, 5.41) is 11.7. The number of nitrogens with two attached hydrogens (primary N) is 1. The van der Waals surface area contributed by atoms with Crippen molar-refractivity contribution in [2.75, 3.05) is 0 Å². The zero-order valence-corrected chi connectivity index (χ0v) is 13.2. The number of aromatic nitrogens is 2. The summed E-state index contributed by atoms with van der Waals surface area (Å²) < 4.78 is 5.77. The highest BCUT2D eigenvalue weighted by atomic mass is 16.4. The lowest BCUT2D eigenvalue weighted by molar-refractivity contribution is -0.123. The summed E-state index contributed by atoms with van der Waals surface area (Å²) in [5.41, 5.74) is 6.42. The molecule has 0 radical (unpaired) electrons. The number of carbonyl (C=O) groups is 1. The van der Waals surface area contributed by atoms with Crippen LogP contribution in [0.4, 0.5) is 0 Å². The van der Waals surface area contributed by atoms with Crippen LogP contribution < -0.4 is 11.1 Å². The van der Waals surface area contributed by atoms with Gasteiger partial charge in [-0.2, -0.15) is 0 Å². The number of carbonyl (C=O) groups excluding carboxylic acids is 1. The summed E-state index contributed by atoms with van der Waals surface area (Å²) in [6.07, 6.45) is 3.95. The Kier molecular flexibility index (Phi) is 4.71. The Morgan fingerprint density at radius 2 is 2.00 bits per heavy atom. The number of hydrogen-bond acceptors (Lipinski definition) is 5. The van der Waals surface area contributed by atoms with Gasteiger partial charge in [0.25, 0.3) is 0 Å². The van der Waals surface area contributed by atoms with Gasteiger partial charge in [-0.25, -0.2) is 0 Å². The van der Waals surface area contributed by atoms with Crippen molar-refractivity contribution in [3.8, 4) is 11.5 Å². The highest BCUT2D eigenvalue weighted by Crippen LogP contribution is 2.27. The molecule has 0 saturated heterocycles. The molecule has 1 heterocycles. The second kappa shape index (κ2) is 6.91. The normalized spacial score (nSPS) is 22.7. The Morgan fingerprint density at radius 3 is 2.74 bits per heavy atom. The number of benzene rings is 1. The minimum Gasteiger partial charge on any atom is -0.419 e. The molecule has 1 amide bonds. The van der Waals surface area contributed by atoms with Crippen LogP contribution in [-0.4, -0.2) is 22.1 Å². The van der Waals surface area contributed by atoms with Crippen molar-refractivity contribution >= 4 is 5.91 Å². The van der Waals surface area contributed by atoms with Crippen LogP contribution in [0.1, 0.15) is 44.5 Å². The molecule has 3 rings (SSSR count). The molecular formula is C17H22N4O2. The van der Waals surface area contributed by atoms with Crippen LogP contribution in [0.15, 0.2) is 34.7 Å². The zero-order chi connectivity index (χ0) is 16.2. The molecule has 3 atom stereocenters. The first-order chi connectivity index (χ1) is 11.1. The lowest BCUT2D eigenvalue weighted by Gasteiger charge is -2.31. The molecule has 3 N–H and O–H groups in total. The maximum Gasteiger partial charge on any atom is 0.247 e. The maximum atomic E-state index is 11.6. The van der Waals surface area contributed by atoms with Crippen molar-refractivity contribution in [1.29, 1.82) is 0 Å². The standard InChI is InChI=1S/C17H22N4O2/c1-11(19-14-10-6-5-9-13(14)15(18)22)16-20-21-17(23-16)12-7-3-2-4-8-12/h2-4,7-8,11,13-14,19H,5-6,9-10H2,1H3,(H2,18,22)/t11-,13-,14-/m0/s1. The first kappa shape index (κ1) is 15.7. The second-order valence-electron chi connectivity index (χ2n) is 6.10. The fourth-order valence-corrected chi connectivity index (χ4v) is 3.17. The van der Waals surface area contributed by atoms with Gasteiger partial charge in [0.15, 0.2) is 0 Å². The van der Waals surface area contributed by atoms with E-state index in [9.17, 15) is 4.79 Å². The van der Waals surface area contributed by atoms with Crippen molar-refractivity contribution in [3.63, 3.8) is 0 Å². The number of amides is 1. The van der Waals surface area contributed by atoms with E-state index in [1.807, 2.05) is 37.3 Å². The number of primary amides is 1. The van der Waals surface area contributed by atoms with Crippen LogP contribution in [0.3, 0.4) is 0 Å². The van der Waals surface area contributed by atoms with Gasteiger partial charge in [0, 0.05) is 11.6 Å². The van der Waals surface area contributed by atoms with E-state index in [2.05, 4.69) is 15.5 Å². The van der Waals surface area contributed by atoms with E-state index < -0.39 is 0 Å². The molecule has 0 unspecified atom stereocenters. The Labute approximate surface area is 135 Å². The zero-order valence-electron chi connectivity index (χ0n) is 13.2. The SMILES string of the molecule is C[C@H](N[C@H]1CCCC[C@@H]1C(N)=O)c1nnc(-c2ccccc2)o1. The third kappa shape index (κ3) is 3.59. The van der Waals surface area contributed by atoms with Crippen LogP contribution in [0.25, 0.3) is 11.5 Å². The predicted octanol–water partition coefficient (Wildman–Crippen LogP) is 2.43. The molecule has 1 aliphatic rings. The summed E-state index contributed by atoms with van der Waals surface area (Å²) in [5.74, 6) is 0.676. The number of rotatable bonds is 5. The number of nitrogens with zero attached hydrogens (tertiary/aromatic N) is 2. The van der Waals surface area contributed by atoms with Gasteiger partial charge in [-0.1, -0.05) is 31.0 Å². The van der Waals surface area contributed by atoms with E-state index in [0.717, 1.165) is 31.2 Å². The molecule has 122 valence electrons. The van der Waals surface area contributed by atoms with E-state index in [1.54, 1.807) is 0 Å². The average molecular weight is 314 g/mol. The van der Waals surface area contributed by atoms with E-state index in [-0.39, 0.29) is 23.9 Å². The molecule has 0 aliphatic heterocycles. The van der Waals surface area contributed by atoms with Crippen molar-refractivity contribution in [1.82, 2.24) is 15.5 Å². The first-order valence-electron chi connectivity index (χ1n) is 8.09. The number of nitrogens with one attached hydrogen (secondary N) is 1. The van der Waals surface area contributed by atoms with Crippen LogP contribution >= 0.6 is 0 Å². The topological polar surface area (TPSA) is 94.0 Å². The van der Waals surface area contributed by atoms with Crippen LogP contribution in [0.2, 0.25) is 0 Å². The van der Waals surface area contributed by atoms with Gasteiger partial charge in [0.1, 0.15) is 0 Å². The molecule has 1 aromatic carbocycles. The van der Waals surface area contributed by atoms with E-state index in [0.29, 0.717) is 11.8 Å². The monoisotopic (exact) mass is 314 g/mol. The molecule has 1 fully saturated rings. The van der Waals surface area contributed by atoms with Gasteiger partial charge < -0.3 is 15.5 Å². The Hall–Kier alpha value is -2.21. The minimum atomic E-state index is -0.232. The second-order valence-corrected chi connectivity index (χ2v) is 6.10. The Bertz CT molecular complexity index is 656. The van der Waals surface area contributed by atoms with E-state index in [1.165, 1.54) is 0 Å². The summed E-state index contributed by atoms with van der Waals surface area (Å²) in [6.45, 7) is 1.97. The third-order valence-corrected chi connectivity index (χ3v) is 4.43. The highest BCUT2D eigenvalue weighted by molar-refractivity contribution is 5.77. The first-order valence-corrected chi connectivity index (χ1v) is 8.09. The van der Waals surface area contributed by atoms with Crippen LogP contribution in [0.5, 0.6) is 0 Å². The quantitative estimate of drug-likeness (QED) is 0.884. The van der Waals surface area contributed by atoms with Crippen molar-refractivity contribution in [2.24, 2.45) is 11.7 Å². The van der Waals surface area contributed by atoms with Gasteiger partial charge in [0.2, 0.25) is 17.7 Å². The van der Waals surface area contributed by atoms with Crippen LogP contribution in [0, 0.1) is 5.92 Å². The summed E-state index contributed by atoms with van der Waals surface area (Å²) in [6, 6.07) is 9.62. The molecule has 2 aromatic rings. The maximum absolute atomic E-state index is 11.6. The molecule has 0 bridgehead atoms. The van der Waals surface area contributed by atoms with Gasteiger partial charge in [-0.3, -0.25) is 4.79 Å². The third-order valence-electron chi connectivity index (χ3n) is 4.43. The average Bonchev–Trinajstić information content (AvgIpc) is 3.06. The Morgan fingerprint density at radius 1 is 1.26 bits per heavy atom. The highest BCUT2D eigenvalue weighted by Gasteiger charge is 2.31. The molecule has 1 aliphatic carbocycles. The van der Waals surface area contributed by atoms with E-state index in [4.69, 9.17) is 10.2 Å². The van der Waals surface area contributed by atoms with Crippen LogP contribution in [-0.2, 0) is 4.79 Å². The van der Waals surface area contributed by atoms with Crippen molar-refractivity contribution in [2.45, 2.75) is 44.7 Å². The van der Waals surface area contributed by atoms with Crippen molar-refractivity contribution < 1.29 is 9.21 Å². The smallest absolute Gasteiger partial charge is 0.247 e.